The van der Waals surface area contributed by atoms with Gasteiger partial charge in [0.1, 0.15) is 0 Å². The van der Waals surface area contributed by atoms with Crippen molar-refractivity contribution < 1.29 is 19.8 Å². The van der Waals surface area contributed by atoms with Gasteiger partial charge >= 0.3 is 5.97 Å². The van der Waals surface area contributed by atoms with Crippen molar-refractivity contribution in [2.75, 3.05) is 0 Å². The van der Waals surface area contributed by atoms with E-state index in [-0.39, 0.29) is 24.3 Å². The molecule has 0 aromatic rings. The van der Waals surface area contributed by atoms with E-state index in [1.165, 1.54) is 6.92 Å². The van der Waals surface area contributed by atoms with Crippen molar-refractivity contribution in [1.29, 1.82) is 5.26 Å². The number of aliphatic hydroxyl groups excluding tert-OH is 1. The summed E-state index contributed by atoms with van der Waals surface area (Å²) in [4.78, 5) is 22.8. The van der Waals surface area contributed by atoms with E-state index in [0.29, 0.717) is 0 Å². The predicted molar refractivity (Wildman–Crippen MR) is 79.5 cm³/mol. The Morgan fingerprint density at radius 2 is 1.95 bits per heavy atom. The molecule has 0 unspecified atom stereocenters. The molecule has 0 spiro atoms. The molecule has 124 valence electrons. The molecule has 7 heteroatoms. The Morgan fingerprint density at radius 3 is 2.36 bits per heavy atom. The minimum atomic E-state index is -1.10. The number of nitrogens with one attached hydrogen (secondary N) is 2. The summed E-state index contributed by atoms with van der Waals surface area (Å²) in [6.45, 7) is 5.38. The summed E-state index contributed by atoms with van der Waals surface area (Å²) in [5, 5.41) is 34.1. The van der Waals surface area contributed by atoms with E-state index < -0.39 is 30.0 Å². The van der Waals surface area contributed by atoms with Crippen molar-refractivity contribution in [2.24, 2.45) is 17.8 Å². The zero-order chi connectivity index (χ0) is 16.9. The molecule has 22 heavy (non-hydrogen) atoms. The highest BCUT2D eigenvalue weighted by Crippen LogP contribution is 2.37. The maximum atomic E-state index is 11.5. The van der Waals surface area contributed by atoms with Crippen LogP contribution in [0.25, 0.3) is 0 Å². The van der Waals surface area contributed by atoms with Gasteiger partial charge in [-0.25, -0.2) is 0 Å². The van der Waals surface area contributed by atoms with Gasteiger partial charge in [0.05, 0.1) is 12.0 Å². The summed E-state index contributed by atoms with van der Waals surface area (Å²) >= 11 is 0. The molecule has 7 nitrogen and oxygen atoms in total. The molecule has 1 rings (SSSR count). The number of hydrogen-bond donors (Lipinski definition) is 4. The topological polar surface area (TPSA) is 122 Å². The van der Waals surface area contributed by atoms with Gasteiger partial charge in [-0.15, -0.1) is 0 Å². The molecule has 0 heterocycles. The van der Waals surface area contributed by atoms with E-state index in [4.69, 9.17) is 5.26 Å². The monoisotopic (exact) mass is 311 g/mol. The van der Waals surface area contributed by atoms with Crippen LogP contribution >= 0.6 is 0 Å². The second kappa shape index (κ2) is 7.99. The minimum Gasteiger partial charge on any atom is -0.481 e. The quantitative estimate of drug-likeness (QED) is 0.400. The smallest absolute Gasteiger partial charge is 0.309 e. The van der Waals surface area contributed by atoms with Crippen molar-refractivity contribution in [3.8, 4) is 6.19 Å². The van der Waals surface area contributed by atoms with Crippen molar-refractivity contribution in [1.82, 2.24) is 10.6 Å². The molecular weight excluding hydrogens is 286 g/mol. The van der Waals surface area contributed by atoms with E-state index in [9.17, 15) is 19.8 Å². The van der Waals surface area contributed by atoms with E-state index in [0.717, 1.165) is 12.8 Å². The molecule has 4 N–H and O–H groups in total. The molecule has 1 saturated carbocycles. The summed E-state index contributed by atoms with van der Waals surface area (Å²) in [5.41, 5.74) is 0. The molecule has 1 fully saturated rings. The Bertz CT molecular complexity index is 445. The van der Waals surface area contributed by atoms with Crippen molar-refractivity contribution in [3.63, 3.8) is 0 Å². The second-order valence-electron chi connectivity index (χ2n) is 5.91. The average molecular weight is 311 g/mol. The normalized spacial score (nSPS) is 28.9. The molecule has 0 radical (unpaired) electrons. The summed E-state index contributed by atoms with van der Waals surface area (Å²) in [6, 6.07) is -0.823. The SMILES string of the molecule is CCC(CC)[C@H](NC(C)=O)[C@@H]1[C@H](O)[C@@H](C(=O)O)C[C@H]1NC#N. The van der Waals surface area contributed by atoms with E-state index in [1.54, 1.807) is 0 Å². The first-order valence-electron chi connectivity index (χ1n) is 7.69. The van der Waals surface area contributed by atoms with Crippen LogP contribution in [0.15, 0.2) is 0 Å². The second-order valence-corrected chi connectivity index (χ2v) is 5.91. The number of nitriles is 1. The van der Waals surface area contributed by atoms with Crippen LogP contribution in [0, 0.1) is 29.2 Å². The van der Waals surface area contributed by atoms with Gasteiger partial charge in [-0.3, -0.25) is 9.59 Å². The highest BCUT2D eigenvalue weighted by Gasteiger charge is 2.50. The third-order valence-electron chi connectivity index (χ3n) is 4.69. The molecular formula is C15H25N3O4. The first kappa shape index (κ1) is 18.2. The Morgan fingerprint density at radius 1 is 1.36 bits per heavy atom. The van der Waals surface area contributed by atoms with Crippen molar-refractivity contribution in [3.05, 3.63) is 0 Å². The Kier molecular flexibility index (Phi) is 6.62. The summed E-state index contributed by atoms with van der Waals surface area (Å²) in [6.07, 6.45) is 2.50. The van der Waals surface area contributed by atoms with Crippen LogP contribution < -0.4 is 10.6 Å². The fourth-order valence-electron chi connectivity index (χ4n) is 3.58. The van der Waals surface area contributed by atoms with Gasteiger partial charge in [-0.1, -0.05) is 26.7 Å². The van der Waals surface area contributed by atoms with Crippen LogP contribution in [0.2, 0.25) is 0 Å². The van der Waals surface area contributed by atoms with Crippen molar-refractivity contribution in [2.45, 2.75) is 58.2 Å². The van der Waals surface area contributed by atoms with Gasteiger partial charge in [0.25, 0.3) is 0 Å². The van der Waals surface area contributed by atoms with Crippen LogP contribution in [0.4, 0.5) is 0 Å². The lowest BCUT2D eigenvalue weighted by Crippen LogP contribution is -2.52. The molecule has 1 aliphatic carbocycles. The predicted octanol–water partition coefficient (Wildman–Crippen LogP) is 0.448. The number of carbonyl (C=O) groups is 2. The van der Waals surface area contributed by atoms with Crippen LogP contribution in [-0.4, -0.2) is 40.3 Å². The maximum absolute atomic E-state index is 11.5. The number of carboxylic acid groups (broad SMARTS) is 1. The molecule has 1 aliphatic rings. The number of amides is 1. The lowest BCUT2D eigenvalue weighted by molar-refractivity contribution is -0.145. The average Bonchev–Trinajstić information content (AvgIpc) is 2.76. The highest BCUT2D eigenvalue weighted by molar-refractivity contribution is 5.74. The van der Waals surface area contributed by atoms with Gasteiger partial charge in [-0.05, 0) is 12.3 Å². The van der Waals surface area contributed by atoms with Crippen molar-refractivity contribution >= 4 is 11.9 Å². The highest BCUT2D eigenvalue weighted by atomic mass is 16.4. The molecule has 0 aromatic carbocycles. The fourth-order valence-corrected chi connectivity index (χ4v) is 3.58. The van der Waals surface area contributed by atoms with Gasteiger partial charge in [-0.2, -0.15) is 5.26 Å². The number of nitrogens with zero attached hydrogens (tertiary/aromatic N) is 1. The largest absolute Gasteiger partial charge is 0.481 e. The third-order valence-corrected chi connectivity index (χ3v) is 4.69. The summed E-state index contributed by atoms with van der Waals surface area (Å²) in [5.74, 6) is -2.63. The molecule has 0 saturated heterocycles. The number of aliphatic carboxylic acids is 1. The van der Waals surface area contributed by atoms with Gasteiger partial charge in [0.2, 0.25) is 5.91 Å². The first-order valence-corrected chi connectivity index (χ1v) is 7.69. The molecule has 0 bridgehead atoms. The summed E-state index contributed by atoms with van der Waals surface area (Å²) in [7, 11) is 0. The van der Waals surface area contributed by atoms with Gasteiger partial charge < -0.3 is 20.8 Å². The van der Waals surface area contributed by atoms with Crippen LogP contribution in [-0.2, 0) is 9.59 Å². The van der Waals surface area contributed by atoms with Crippen LogP contribution in [0.5, 0.6) is 0 Å². The number of rotatable bonds is 7. The van der Waals surface area contributed by atoms with E-state index >= 15 is 0 Å². The standard InChI is InChI=1S/C15H25N3O4/c1-4-9(5-2)13(18-8(3)19)12-11(17-7-16)6-10(14(12)20)15(21)22/h9-14,17,20H,4-6H2,1-3H3,(H,18,19)(H,21,22)/t10-,11+,12+,13-,14+/m0/s1. The molecule has 0 aromatic heterocycles. The zero-order valence-electron chi connectivity index (χ0n) is 13.2. The Hall–Kier alpha value is -1.81. The summed E-state index contributed by atoms with van der Waals surface area (Å²) < 4.78 is 0. The molecule has 5 atom stereocenters. The molecule has 1 amide bonds. The third kappa shape index (κ3) is 3.89. The van der Waals surface area contributed by atoms with Gasteiger partial charge in [0, 0.05) is 24.9 Å². The van der Waals surface area contributed by atoms with E-state index in [2.05, 4.69) is 10.6 Å². The minimum absolute atomic E-state index is 0.110. The van der Waals surface area contributed by atoms with Gasteiger partial charge in [0.15, 0.2) is 6.19 Å². The van der Waals surface area contributed by atoms with Crippen LogP contribution in [0.3, 0.4) is 0 Å². The lowest BCUT2D eigenvalue weighted by Gasteiger charge is -2.36. The molecule has 0 aliphatic heterocycles. The number of aliphatic hydroxyl groups is 1. The van der Waals surface area contributed by atoms with Crippen LogP contribution in [0.1, 0.15) is 40.0 Å². The number of hydrogen-bond acceptors (Lipinski definition) is 5. The Balaban J connectivity index is 3.13. The zero-order valence-corrected chi connectivity index (χ0v) is 13.2. The fraction of sp³-hybridized carbons (Fsp3) is 0.800. The first-order chi connectivity index (χ1) is 10.4. The maximum Gasteiger partial charge on any atom is 0.309 e. The lowest BCUT2D eigenvalue weighted by atomic mass is 9.80. The number of carboxylic acids is 1. The van der Waals surface area contributed by atoms with E-state index in [1.807, 2.05) is 20.0 Å². The Labute approximate surface area is 130 Å². The number of carbonyl (C=O) groups excluding carboxylic acids is 1.